The summed E-state index contributed by atoms with van der Waals surface area (Å²) in [5, 5.41) is 11.1. The van der Waals surface area contributed by atoms with Crippen molar-refractivity contribution in [3.8, 4) is 11.1 Å². The number of ether oxygens (including phenoxy) is 1. The summed E-state index contributed by atoms with van der Waals surface area (Å²) in [7, 11) is -4.57. The predicted molar refractivity (Wildman–Crippen MR) is 126 cm³/mol. The van der Waals surface area contributed by atoms with Gasteiger partial charge in [-0.15, -0.1) is 0 Å². The maximum atomic E-state index is 13.4. The first-order valence-electron chi connectivity index (χ1n) is 10.8. The van der Waals surface area contributed by atoms with Crippen molar-refractivity contribution >= 4 is 24.8 Å². The number of fused-ring (bicyclic) bond motifs is 3. The molecule has 36 heavy (non-hydrogen) atoms. The first kappa shape index (κ1) is 25.7. The quantitative estimate of drug-likeness (QED) is 0.147. The van der Waals surface area contributed by atoms with Crippen LogP contribution in [-0.4, -0.2) is 45.5 Å². The fraction of sp³-hybridized carbons (Fsp3) is 0.200. The number of benzene rings is 3. The highest BCUT2D eigenvalue weighted by atomic mass is 31.2. The molecule has 4 N–H and O–H groups in total. The third-order valence-electron chi connectivity index (χ3n) is 6.15. The lowest BCUT2D eigenvalue weighted by Gasteiger charge is -2.29. The molecule has 8 nitrogen and oxygen atoms in total. The lowest BCUT2D eigenvalue weighted by molar-refractivity contribution is -0.166. The van der Waals surface area contributed by atoms with Crippen LogP contribution in [0.5, 0.6) is 0 Å². The summed E-state index contributed by atoms with van der Waals surface area (Å²) < 4.78 is 43.6. The Hall–Kier alpha value is -3.43. The summed E-state index contributed by atoms with van der Waals surface area (Å²) in [6.07, 6.45) is -0.745. The van der Waals surface area contributed by atoms with Crippen LogP contribution in [0.4, 0.5) is 8.78 Å². The maximum Gasteiger partial charge on any atom is 0.356 e. The maximum absolute atomic E-state index is 13.4. The summed E-state index contributed by atoms with van der Waals surface area (Å²) in [6, 6.07) is 19.3. The Morgan fingerprint density at radius 3 is 1.94 bits per heavy atom. The number of hydrogen-bond acceptors (Lipinski definition) is 5. The van der Waals surface area contributed by atoms with E-state index in [0.717, 1.165) is 46.5 Å². The van der Waals surface area contributed by atoms with Gasteiger partial charge in [-0.3, -0.25) is 4.57 Å². The molecule has 0 aromatic heterocycles. The minimum atomic E-state index is -4.57. The van der Waals surface area contributed by atoms with Gasteiger partial charge in [-0.2, -0.15) is 8.78 Å². The number of halogens is 2. The van der Waals surface area contributed by atoms with Gasteiger partial charge in [0.05, 0.1) is 5.30 Å². The van der Waals surface area contributed by atoms with Crippen molar-refractivity contribution in [3.63, 3.8) is 0 Å². The topological polar surface area (TPSA) is 133 Å². The molecule has 0 saturated heterocycles. The van der Waals surface area contributed by atoms with Gasteiger partial charge < -0.3 is 19.6 Å². The van der Waals surface area contributed by atoms with E-state index in [9.17, 15) is 37.8 Å². The SMILES string of the molecule is O=C(O)[C@](Cc1ccc(P(=O)(O)O)cc1)(NC(F)F)C(=O)OCC1c2ccccc2-c2ccccc21. The first-order valence-corrected chi connectivity index (χ1v) is 12.4. The number of alkyl halides is 2. The molecule has 0 aliphatic heterocycles. The number of carbonyl (C=O) groups excluding carboxylic acids is 1. The van der Waals surface area contributed by atoms with Gasteiger partial charge >= 0.3 is 19.5 Å². The Bertz CT molecular complexity index is 1300. The second kappa shape index (κ2) is 9.91. The molecule has 0 spiro atoms. The zero-order valence-corrected chi connectivity index (χ0v) is 19.6. The van der Waals surface area contributed by atoms with E-state index in [1.165, 1.54) is 5.32 Å². The highest BCUT2D eigenvalue weighted by Gasteiger charge is 2.50. The third-order valence-corrected chi connectivity index (χ3v) is 7.13. The Balaban J connectivity index is 1.62. The van der Waals surface area contributed by atoms with Gasteiger partial charge in [-0.1, -0.05) is 60.7 Å². The van der Waals surface area contributed by atoms with E-state index in [-0.39, 0.29) is 17.5 Å². The average Bonchev–Trinajstić information content (AvgIpc) is 3.15. The molecular weight excluding hydrogens is 495 g/mol. The fourth-order valence-electron chi connectivity index (χ4n) is 4.43. The summed E-state index contributed by atoms with van der Waals surface area (Å²) in [6.45, 7) is -3.64. The van der Waals surface area contributed by atoms with Crippen LogP contribution in [-0.2, 0) is 25.3 Å². The van der Waals surface area contributed by atoms with Crippen molar-refractivity contribution in [2.75, 3.05) is 6.61 Å². The molecule has 0 amide bonds. The molecule has 188 valence electrons. The van der Waals surface area contributed by atoms with E-state index in [4.69, 9.17) is 4.74 Å². The van der Waals surface area contributed by atoms with Crippen LogP contribution >= 0.6 is 7.60 Å². The number of esters is 1. The van der Waals surface area contributed by atoms with Crippen molar-refractivity contribution in [2.45, 2.75) is 24.4 Å². The molecule has 1 aliphatic rings. The standard InChI is InChI=1S/C25H22F2NO7P/c26-24(27)28-25(22(29)30,13-15-9-11-16(12-10-15)36(32,33)34)23(31)35-14-21-19-7-3-1-5-17(19)18-6-2-4-8-20(18)21/h1-12,21,24,28H,13-14H2,(H,29,30)(H2,32,33,34)/t25-/m0/s1. The van der Waals surface area contributed by atoms with Crippen molar-refractivity contribution in [3.05, 3.63) is 89.5 Å². The second-order valence-corrected chi connectivity index (χ2v) is 9.97. The molecule has 0 radical (unpaired) electrons. The minimum absolute atomic E-state index is 0.0799. The normalized spacial score (nSPS) is 14.7. The molecule has 0 fully saturated rings. The van der Waals surface area contributed by atoms with Gasteiger partial charge in [0.1, 0.15) is 6.61 Å². The van der Waals surface area contributed by atoms with Crippen LogP contribution in [0.3, 0.4) is 0 Å². The summed E-state index contributed by atoms with van der Waals surface area (Å²) >= 11 is 0. The molecule has 1 aliphatic carbocycles. The van der Waals surface area contributed by atoms with Crippen LogP contribution in [0.1, 0.15) is 22.6 Å². The fourth-order valence-corrected chi connectivity index (χ4v) is 4.97. The monoisotopic (exact) mass is 517 g/mol. The molecule has 1 atom stereocenters. The number of nitrogens with one attached hydrogen (secondary N) is 1. The molecular formula is C25H22F2NO7P. The number of hydrogen-bond donors (Lipinski definition) is 4. The molecule has 0 bridgehead atoms. The Morgan fingerprint density at radius 1 is 0.944 bits per heavy atom. The van der Waals surface area contributed by atoms with Crippen LogP contribution in [0, 0.1) is 0 Å². The number of carboxylic acid groups (broad SMARTS) is 1. The highest BCUT2D eigenvalue weighted by molar-refractivity contribution is 7.60. The van der Waals surface area contributed by atoms with Crippen LogP contribution in [0.25, 0.3) is 11.1 Å². The summed E-state index contributed by atoms with van der Waals surface area (Å²) in [5.74, 6) is -3.70. The number of carbonyl (C=O) groups is 2. The van der Waals surface area contributed by atoms with Crippen molar-refractivity contribution < 1.29 is 42.6 Å². The molecule has 4 rings (SSSR count). The lowest BCUT2D eigenvalue weighted by atomic mass is 9.90. The third kappa shape index (κ3) is 4.94. The van der Waals surface area contributed by atoms with Crippen molar-refractivity contribution in [1.29, 1.82) is 0 Å². The smallest absolute Gasteiger partial charge is 0.356 e. The molecule has 11 heteroatoms. The van der Waals surface area contributed by atoms with E-state index in [0.29, 0.717) is 0 Å². The Labute approximate surface area is 204 Å². The Morgan fingerprint density at radius 2 is 1.47 bits per heavy atom. The van der Waals surface area contributed by atoms with E-state index >= 15 is 0 Å². The van der Waals surface area contributed by atoms with Gasteiger partial charge in [0, 0.05) is 12.3 Å². The lowest BCUT2D eigenvalue weighted by Crippen LogP contribution is -2.62. The van der Waals surface area contributed by atoms with Crippen LogP contribution in [0.2, 0.25) is 0 Å². The van der Waals surface area contributed by atoms with E-state index < -0.39 is 44.0 Å². The van der Waals surface area contributed by atoms with Crippen molar-refractivity contribution in [2.24, 2.45) is 0 Å². The van der Waals surface area contributed by atoms with Crippen LogP contribution in [0.15, 0.2) is 72.8 Å². The molecule has 0 saturated carbocycles. The number of carboxylic acids is 1. The zero-order valence-electron chi connectivity index (χ0n) is 18.7. The van der Waals surface area contributed by atoms with E-state index in [1.54, 1.807) is 0 Å². The molecule has 0 heterocycles. The molecule has 0 unspecified atom stereocenters. The van der Waals surface area contributed by atoms with Crippen molar-refractivity contribution in [1.82, 2.24) is 5.32 Å². The van der Waals surface area contributed by atoms with Gasteiger partial charge in [0.25, 0.3) is 6.55 Å². The summed E-state index contributed by atoms with van der Waals surface area (Å²) in [5.41, 5.74) is 0.847. The Kier molecular flexibility index (Phi) is 7.06. The van der Waals surface area contributed by atoms with E-state index in [1.807, 2.05) is 48.5 Å². The van der Waals surface area contributed by atoms with Gasteiger partial charge in [0.15, 0.2) is 0 Å². The first-order chi connectivity index (χ1) is 17.0. The highest BCUT2D eigenvalue weighted by Crippen LogP contribution is 2.44. The predicted octanol–water partition coefficient (Wildman–Crippen LogP) is 3.02. The largest absolute Gasteiger partial charge is 0.479 e. The average molecular weight is 517 g/mol. The van der Waals surface area contributed by atoms with E-state index in [2.05, 4.69) is 0 Å². The molecule has 3 aromatic carbocycles. The van der Waals surface area contributed by atoms with Gasteiger partial charge in [-0.25, -0.2) is 14.9 Å². The number of rotatable bonds is 9. The van der Waals surface area contributed by atoms with Crippen LogP contribution < -0.4 is 10.6 Å². The molecule has 3 aromatic rings. The second-order valence-electron chi connectivity index (χ2n) is 8.37. The zero-order chi connectivity index (χ0) is 26.1. The van der Waals surface area contributed by atoms with Gasteiger partial charge in [-0.05, 0) is 39.9 Å². The van der Waals surface area contributed by atoms with Gasteiger partial charge in [0.2, 0.25) is 5.54 Å². The minimum Gasteiger partial charge on any atom is -0.479 e. The number of aliphatic carboxylic acids is 1. The summed E-state index contributed by atoms with van der Waals surface area (Å²) in [4.78, 5) is 43.8.